The fourth-order valence-corrected chi connectivity index (χ4v) is 3.96. The van der Waals surface area contributed by atoms with E-state index in [1.807, 2.05) is 13.8 Å². The summed E-state index contributed by atoms with van der Waals surface area (Å²) in [6.07, 6.45) is 2.90. The molecule has 0 aliphatic carbocycles. The molecule has 0 aromatic carbocycles. The van der Waals surface area contributed by atoms with E-state index in [2.05, 4.69) is 10.2 Å². The Balaban J connectivity index is 3.16. The summed E-state index contributed by atoms with van der Waals surface area (Å²) in [5.41, 5.74) is 6.09. The second kappa shape index (κ2) is 6.31. The summed E-state index contributed by atoms with van der Waals surface area (Å²) < 4.78 is 26.6. The fourth-order valence-electron chi connectivity index (χ4n) is 2.05. The van der Waals surface area contributed by atoms with Gasteiger partial charge in [0.1, 0.15) is 4.90 Å². The van der Waals surface area contributed by atoms with Gasteiger partial charge in [-0.15, -0.1) is 0 Å². The van der Waals surface area contributed by atoms with Crippen LogP contribution in [0.15, 0.2) is 11.1 Å². The molecular weight excluding hydrogens is 252 g/mol. The minimum Gasteiger partial charge on any atom is -0.329 e. The molecule has 0 bridgehead atoms. The van der Waals surface area contributed by atoms with Gasteiger partial charge in [0.2, 0.25) is 10.0 Å². The topological polar surface area (TPSA) is 92.1 Å². The Hall–Kier alpha value is -0.920. The molecule has 0 saturated heterocycles. The van der Waals surface area contributed by atoms with Crippen LogP contribution in [0.5, 0.6) is 0 Å². The lowest BCUT2D eigenvalue weighted by molar-refractivity contribution is 0.309. The van der Waals surface area contributed by atoms with Crippen molar-refractivity contribution in [1.29, 1.82) is 0 Å². The minimum atomic E-state index is -3.51. The zero-order valence-corrected chi connectivity index (χ0v) is 12.0. The zero-order chi connectivity index (χ0) is 13.8. The highest BCUT2D eigenvalue weighted by Gasteiger charge is 2.31. The van der Waals surface area contributed by atoms with Gasteiger partial charge < -0.3 is 5.73 Å². The third-order valence-corrected chi connectivity index (χ3v) is 5.14. The van der Waals surface area contributed by atoms with Crippen LogP contribution in [0.25, 0.3) is 0 Å². The Morgan fingerprint density at radius 3 is 2.44 bits per heavy atom. The number of aryl methyl sites for hydroxylation is 1. The van der Waals surface area contributed by atoms with Gasteiger partial charge in [-0.25, -0.2) is 8.42 Å². The smallest absolute Gasteiger partial charge is 0.246 e. The van der Waals surface area contributed by atoms with E-state index in [0.29, 0.717) is 18.8 Å². The van der Waals surface area contributed by atoms with E-state index in [0.717, 1.165) is 12.8 Å². The number of hydrogen-bond donors (Lipinski definition) is 2. The normalized spacial score (nSPS) is 12.6. The van der Waals surface area contributed by atoms with Crippen molar-refractivity contribution >= 4 is 10.0 Å². The molecule has 0 amide bonds. The molecule has 3 N–H and O–H groups in total. The summed E-state index contributed by atoms with van der Waals surface area (Å²) in [4.78, 5) is 0.239. The fraction of sp³-hybridized carbons (Fsp3) is 0.727. The quantitative estimate of drug-likeness (QED) is 0.771. The number of sulfonamides is 1. The number of rotatable bonds is 7. The number of hydrogen-bond acceptors (Lipinski definition) is 4. The Labute approximate surface area is 109 Å². The molecule has 104 valence electrons. The highest BCUT2D eigenvalue weighted by atomic mass is 32.2. The Kier molecular flexibility index (Phi) is 5.30. The van der Waals surface area contributed by atoms with Crippen LogP contribution in [-0.4, -0.2) is 42.1 Å². The van der Waals surface area contributed by atoms with Crippen molar-refractivity contribution in [1.82, 2.24) is 14.5 Å². The lowest BCUT2D eigenvalue weighted by Gasteiger charge is -2.28. The molecule has 0 radical (unpaired) electrons. The summed E-state index contributed by atoms with van der Waals surface area (Å²) in [6.45, 7) is 6.31. The monoisotopic (exact) mass is 274 g/mol. The van der Waals surface area contributed by atoms with Gasteiger partial charge >= 0.3 is 0 Å². The Morgan fingerprint density at radius 1 is 1.44 bits per heavy atom. The molecule has 1 aromatic rings. The van der Waals surface area contributed by atoms with Gasteiger partial charge in [-0.1, -0.05) is 13.8 Å². The summed E-state index contributed by atoms with van der Waals surface area (Å²) in [5.74, 6) is 0. The van der Waals surface area contributed by atoms with Crippen molar-refractivity contribution in [2.45, 2.75) is 44.6 Å². The summed E-state index contributed by atoms with van der Waals surface area (Å²) >= 11 is 0. The Bertz CT molecular complexity index is 465. The van der Waals surface area contributed by atoms with Crippen molar-refractivity contribution in [2.75, 3.05) is 13.1 Å². The first-order valence-corrected chi connectivity index (χ1v) is 7.64. The van der Waals surface area contributed by atoms with E-state index in [1.54, 1.807) is 6.92 Å². The van der Waals surface area contributed by atoms with Crippen molar-refractivity contribution in [3.63, 3.8) is 0 Å². The van der Waals surface area contributed by atoms with Gasteiger partial charge in [-0.05, 0) is 19.8 Å². The van der Waals surface area contributed by atoms with E-state index in [-0.39, 0.29) is 10.9 Å². The molecule has 6 nitrogen and oxygen atoms in total. The SMILES string of the molecule is CCC(CC)N(CCN)S(=O)(=O)c1cn[nH]c1C. The predicted molar refractivity (Wildman–Crippen MR) is 70.6 cm³/mol. The summed E-state index contributed by atoms with van der Waals surface area (Å²) in [7, 11) is -3.51. The van der Waals surface area contributed by atoms with Gasteiger partial charge in [-0.3, -0.25) is 5.10 Å². The molecule has 0 aliphatic heterocycles. The van der Waals surface area contributed by atoms with Crippen molar-refractivity contribution in [3.8, 4) is 0 Å². The van der Waals surface area contributed by atoms with E-state index in [1.165, 1.54) is 10.5 Å². The van der Waals surface area contributed by atoms with Crippen molar-refractivity contribution in [3.05, 3.63) is 11.9 Å². The maximum absolute atomic E-state index is 12.6. The molecule has 0 unspecified atom stereocenters. The van der Waals surface area contributed by atoms with Gasteiger partial charge in [-0.2, -0.15) is 9.40 Å². The van der Waals surface area contributed by atoms with Crippen LogP contribution in [0.4, 0.5) is 0 Å². The van der Waals surface area contributed by atoms with Crippen LogP contribution in [0.2, 0.25) is 0 Å². The van der Waals surface area contributed by atoms with Crippen molar-refractivity contribution in [2.24, 2.45) is 5.73 Å². The second-order valence-electron chi connectivity index (χ2n) is 4.23. The zero-order valence-electron chi connectivity index (χ0n) is 11.2. The number of H-pyrrole nitrogens is 1. The number of nitrogens with one attached hydrogen (secondary N) is 1. The van der Waals surface area contributed by atoms with Gasteiger partial charge in [0.15, 0.2) is 0 Å². The van der Waals surface area contributed by atoms with Crippen LogP contribution in [-0.2, 0) is 10.0 Å². The van der Waals surface area contributed by atoms with E-state index in [4.69, 9.17) is 5.73 Å². The van der Waals surface area contributed by atoms with Gasteiger partial charge in [0, 0.05) is 19.1 Å². The lowest BCUT2D eigenvalue weighted by atomic mass is 10.2. The largest absolute Gasteiger partial charge is 0.329 e. The number of aromatic nitrogens is 2. The van der Waals surface area contributed by atoms with Gasteiger partial charge in [0.05, 0.1) is 11.9 Å². The van der Waals surface area contributed by atoms with Crippen molar-refractivity contribution < 1.29 is 8.42 Å². The third kappa shape index (κ3) is 2.90. The maximum Gasteiger partial charge on any atom is 0.246 e. The summed E-state index contributed by atoms with van der Waals surface area (Å²) in [6, 6.07) is -0.0205. The van der Waals surface area contributed by atoms with E-state index in [9.17, 15) is 8.42 Å². The number of aromatic amines is 1. The minimum absolute atomic E-state index is 0.0205. The molecule has 1 heterocycles. The molecule has 18 heavy (non-hydrogen) atoms. The molecule has 0 saturated carbocycles. The Morgan fingerprint density at radius 2 is 2.06 bits per heavy atom. The molecule has 1 aromatic heterocycles. The van der Waals surface area contributed by atoms with Crippen LogP contribution >= 0.6 is 0 Å². The predicted octanol–water partition coefficient (Wildman–Crippen LogP) is 0.856. The first kappa shape index (κ1) is 15.1. The first-order chi connectivity index (χ1) is 8.48. The van der Waals surface area contributed by atoms with Crippen LogP contribution in [0.3, 0.4) is 0 Å². The molecule has 0 spiro atoms. The molecule has 0 atom stereocenters. The number of nitrogens with zero attached hydrogens (tertiary/aromatic N) is 2. The molecule has 0 aliphatic rings. The average Bonchev–Trinajstić information content (AvgIpc) is 2.76. The van der Waals surface area contributed by atoms with Crippen LogP contribution in [0, 0.1) is 6.92 Å². The highest BCUT2D eigenvalue weighted by molar-refractivity contribution is 7.89. The second-order valence-corrected chi connectivity index (χ2v) is 6.09. The standard InChI is InChI=1S/C11H22N4O2S/c1-4-10(5-2)15(7-6-12)18(16,17)11-8-13-14-9(11)3/h8,10H,4-7,12H2,1-3H3,(H,13,14). The number of nitrogens with two attached hydrogens (primary N) is 1. The maximum atomic E-state index is 12.6. The molecule has 0 fully saturated rings. The van der Waals surface area contributed by atoms with Crippen LogP contribution in [0.1, 0.15) is 32.4 Å². The molecular formula is C11H22N4O2S. The lowest BCUT2D eigenvalue weighted by Crippen LogP contribution is -2.42. The first-order valence-electron chi connectivity index (χ1n) is 6.20. The van der Waals surface area contributed by atoms with E-state index >= 15 is 0 Å². The summed E-state index contributed by atoms with van der Waals surface area (Å²) in [5, 5.41) is 6.44. The molecule has 1 rings (SSSR count). The molecule has 7 heteroatoms. The third-order valence-electron chi connectivity index (χ3n) is 3.07. The van der Waals surface area contributed by atoms with E-state index < -0.39 is 10.0 Å². The highest BCUT2D eigenvalue weighted by Crippen LogP contribution is 2.22. The van der Waals surface area contributed by atoms with Crippen LogP contribution < -0.4 is 5.73 Å². The average molecular weight is 274 g/mol. The van der Waals surface area contributed by atoms with Gasteiger partial charge in [0.25, 0.3) is 0 Å².